The van der Waals surface area contributed by atoms with Crippen molar-refractivity contribution in [3.8, 4) is 0 Å². The molecule has 0 aliphatic carbocycles. The second kappa shape index (κ2) is 5.34. The van der Waals surface area contributed by atoms with E-state index in [1.54, 1.807) is 11.3 Å². The van der Waals surface area contributed by atoms with Gasteiger partial charge in [-0.25, -0.2) is 0 Å². The van der Waals surface area contributed by atoms with Gasteiger partial charge in [-0.1, -0.05) is 31.2 Å². The zero-order valence-electron chi connectivity index (χ0n) is 10.0. The first-order valence-corrected chi connectivity index (χ1v) is 7.33. The van der Waals surface area contributed by atoms with Gasteiger partial charge < -0.3 is 5.73 Å². The van der Waals surface area contributed by atoms with Crippen LogP contribution >= 0.6 is 27.3 Å². The highest BCUT2D eigenvalue weighted by atomic mass is 79.9. The molecule has 1 nitrogen and oxygen atoms in total. The molecule has 3 heteroatoms. The predicted octanol–water partition coefficient (Wildman–Crippen LogP) is 4.43. The number of thiophene rings is 1. The van der Waals surface area contributed by atoms with Crippen molar-refractivity contribution in [2.45, 2.75) is 26.3 Å². The standard InChI is InChI=1S/C14H16BrNS/c1-3-10-6-4-5-7-11(10)14(16)13-8-12(15)9(2)17-13/h4-8,14H,3,16H2,1-2H3. The summed E-state index contributed by atoms with van der Waals surface area (Å²) in [4.78, 5) is 2.50. The van der Waals surface area contributed by atoms with Crippen molar-refractivity contribution in [2.24, 2.45) is 5.73 Å². The summed E-state index contributed by atoms with van der Waals surface area (Å²) >= 11 is 5.31. The molecule has 0 saturated heterocycles. The lowest BCUT2D eigenvalue weighted by molar-refractivity contribution is 0.868. The first kappa shape index (κ1) is 12.8. The van der Waals surface area contributed by atoms with Crippen LogP contribution in [0.25, 0.3) is 0 Å². The van der Waals surface area contributed by atoms with Crippen molar-refractivity contribution in [1.82, 2.24) is 0 Å². The van der Waals surface area contributed by atoms with Crippen LogP contribution in [-0.2, 0) is 6.42 Å². The van der Waals surface area contributed by atoms with E-state index < -0.39 is 0 Å². The number of halogens is 1. The molecular formula is C14H16BrNS. The van der Waals surface area contributed by atoms with Crippen LogP contribution in [0.1, 0.15) is 33.8 Å². The van der Waals surface area contributed by atoms with Crippen molar-refractivity contribution < 1.29 is 0 Å². The Balaban J connectivity index is 2.39. The fourth-order valence-electron chi connectivity index (χ4n) is 1.95. The minimum Gasteiger partial charge on any atom is -0.320 e. The maximum atomic E-state index is 6.36. The Hall–Kier alpha value is -0.640. The van der Waals surface area contributed by atoms with Gasteiger partial charge in [-0.3, -0.25) is 0 Å². The van der Waals surface area contributed by atoms with Crippen molar-refractivity contribution >= 4 is 27.3 Å². The van der Waals surface area contributed by atoms with Crippen LogP contribution in [0.15, 0.2) is 34.8 Å². The molecule has 1 heterocycles. The van der Waals surface area contributed by atoms with Gasteiger partial charge in [-0.2, -0.15) is 0 Å². The van der Waals surface area contributed by atoms with Gasteiger partial charge in [0.2, 0.25) is 0 Å². The minimum atomic E-state index is -0.0128. The molecule has 0 amide bonds. The Morgan fingerprint density at radius 1 is 1.35 bits per heavy atom. The monoisotopic (exact) mass is 309 g/mol. The molecule has 1 aromatic heterocycles. The maximum Gasteiger partial charge on any atom is 0.0649 e. The average Bonchev–Trinajstić information content (AvgIpc) is 2.68. The Labute approximate surface area is 115 Å². The topological polar surface area (TPSA) is 26.0 Å². The van der Waals surface area contributed by atoms with Gasteiger partial charge in [-0.15, -0.1) is 11.3 Å². The summed E-state index contributed by atoms with van der Waals surface area (Å²) in [6, 6.07) is 10.5. The molecule has 0 radical (unpaired) electrons. The highest BCUT2D eigenvalue weighted by molar-refractivity contribution is 9.10. The third kappa shape index (κ3) is 2.62. The number of hydrogen-bond acceptors (Lipinski definition) is 2. The van der Waals surface area contributed by atoms with E-state index in [0.29, 0.717) is 0 Å². The first-order valence-electron chi connectivity index (χ1n) is 5.72. The largest absolute Gasteiger partial charge is 0.320 e. The lowest BCUT2D eigenvalue weighted by Crippen LogP contribution is -2.12. The Morgan fingerprint density at radius 2 is 2.06 bits per heavy atom. The minimum absolute atomic E-state index is 0.0128. The van der Waals surface area contributed by atoms with E-state index in [9.17, 15) is 0 Å². The Bertz CT molecular complexity index is 499. The molecule has 2 rings (SSSR count). The highest BCUT2D eigenvalue weighted by Crippen LogP contribution is 2.33. The van der Waals surface area contributed by atoms with E-state index in [4.69, 9.17) is 5.73 Å². The molecule has 2 N–H and O–H groups in total. The number of aryl methyl sites for hydroxylation is 2. The summed E-state index contributed by atoms with van der Waals surface area (Å²) in [6.07, 6.45) is 1.02. The van der Waals surface area contributed by atoms with Crippen LogP contribution in [0.4, 0.5) is 0 Å². The van der Waals surface area contributed by atoms with Gasteiger partial charge >= 0.3 is 0 Å². The number of hydrogen-bond donors (Lipinski definition) is 1. The summed E-state index contributed by atoms with van der Waals surface area (Å²) in [6.45, 7) is 4.28. The van der Waals surface area contributed by atoms with E-state index in [1.807, 2.05) is 0 Å². The van der Waals surface area contributed by atoms with Crippen molar-refractivity contribution in [3.63, 3.8) is 0 Å². The normalized spacial score (nSPS) is 12.7. The van der Waals surface area contributed by atoms with E-state index in [1.165, 1.54) is 20.9 Å². The number of rotatable bonds is 3. The smallest absolute Gasteiger partial charge is 0.0649 e. The Kier molecular flexibility index (Phi) is 4.02. The van der Waals surface area contributed by atoms with Gasteiger partial charge in [0.25, 0.3) is 0 Å². The van der Waals surface area contributed by atoms with Crippen LogP contribution in [-0.4, -0.2) is 0 Å². The summed E-state index contributed by atoms with van der Waals surface area (Å²) < 4.78 is 1.15. The lowest BCUT2D eigenvalue weighted by atomic mass is 9.98. The summed E-state index contributed by atoms with van der Waals surface area (Å²) in [5.74, 6) is 0. The van der Waals surface area contributed by atoms with Gasteiger partial charge in [0.1, 0.15) is 0 Å². The molecule has 1 unspecified atom stereocenters. The Morgan fingerprint density at radius 3 is 2.65 bits per heavy atom. The van der Waals surface area contributed by atoms with Crippen LogP contribution in [0.5, 0.6) is 0 Å². The predicted molar refractivity (Wildman–Crippen MR) is 78.6 cm³/mol. The second-order valence-electron chi connectivity index (χ2n) is 4.08. The van der Waals surface area contributed by atoms with Gasteiger partial charge in [0.15, 0.2) is 0 Å². The van der Waals surface area contributed by atoms with E-state index in [-0.39, 0.29) is 6.04 Å². The van der Waals surface area contributed by atoms with E-state index >= 15 is 0 Å². The fraction of sp³-hybridized carbons (Fsp3) is 0.286. The molecule has 0 aliphatic heterocycles. The molecule has 0 bridgehead atoms. The molecule has 17 heavy (non-hydrogen) atoms. The van der Waals surface area contributed by atoms with Crippen LogP contribution in [0.3, 0.4) is 0 Å². The number of benzene rings is 1. The first-order chi connectivity index (χ1) is 8.13. The molecule has 1 atom stereocenters. The maximum absolute atomic E-state index is 6.36. The summed E-state index contributed by atoms with van der Waals surface area (Å²) in [5, 5.41) is 0. The number of nitrogens with two attached hydrogens (primary N) is 1. The van der Waals surface area contributed by atoms with Crippen molar-refractivity contribution in [3.05, 3.63) is 55.7 Å². The van der Waals surface area contributed by atoms with Gasteiger partial charge in [-0.05, 0) is 46.5 Å². The highest BCUT2D eigenvalue weighted by Gasteiger charge is 2.15. The fourth-order valence-corrected chi connectivity index (χ4v) is 3.53. The lowest BCUT2D eigenvalue weighted by Gasteiger charge is -2.14. The molecule has 0 saturated carbocycles. The molecule has 0 aliphatic rings. The molecule has 0 fully saturated rings. The quantitative estimate of drug-likeness (QED) is 0.891. The third-order valence-electron chi connectivity index (χ3n) is 2.95. The second-order valence-corrected chi connectivity index (χ2v) is 6.23. The zero-order valence-corrected chi connectivity index (χ0v) is 12.4. The van der Waals surface area contributed by atoms with E-state index in [0.717, 1.165) is 10.9 Å². The summed E-state index contributed by atoms with van der Waals surface area (Å²) in [5.41, 5.74) is 8.94. The van der Waals surface area contributed by atoms with Crippen LogP contribution in [0.2, 0.25) is 0 Å². The van der Waals surface area contributed by atoms with Gasteiger partial charge in [0.05, 0.1) is 6.04 Å². The van der Waals surface area contributed by atoms with Crippen LogP contribution < -0.4 is 5.73 Å². The van der Waals surface area contributed by atoms with Gasteiger partial charge in [0, 0.05) is 14.2 Å². The molecule has 1 aromatic carbocycles. The molecule has 90 valence electrons. The van der Waals surface area contributed by atoms with Crippen molar-refractivity contribution in [1.29, 1.82) is 0 Å². The molecule has 0 spiro atoms. The SMILES string of the molecule is CCc1ccccc1C(N)c1cc(Br)c(C)s1. The van der Waals surface area contributed by atoms with Crippen molar-refractivity contribution in [2.75, 3.05) is 0 Å². The third-order valence-corrected chi connectivity index (χ3v) is 5.17. The average molecular weight is 310 g/mol. The molecular weight excluding hydrogens is 294 g/mol. The molecule has 2 aromatic rings. The zero-order chi connectivity index (χ0) is 12.4. The van der Waals surface area contributed by atoms with Crippen LogP contribution in [0, 0.1) is 6.92 Å². The summed E-state index contributed by atoms with van der Waals surface area (Å²) in [7, 11) is 0. The van der Waals surface area contributed by atoms with E-state index in [2.05, 4.69) is 60.1 Å².